The molecule has 1 aliphatic rings. The lowest BCUT2D eigenvalue weighted by Gasteiger charge is -2.39. The van der Waals surface area contributed by atoms with E-state index in [-0.39, 0.29) is 0 Å². The lowest BCUT2D eigenvalue weighted by molar-refractivity contribution is 0.0697. The summed E-state index contributed by atoms with van der Waals surface area (Å²) in [4.78, 5) is 13.6. The molecular weight excluding hydrogens is 226 g/mol. The summed E-state index contributed by atoms with van der Waals surface area (Å²) in [6.45, 7) is 7.40. The lowest BCUT2D eigenvalue weighted by atomic mass is 9.91. The van der Waals surface area contributed by atoms with E-state index in [0.717, 1.165) is 36.6 Å². The van der Waals surface area contributed by atoms with Crippen LogP contribution in [0.4, 0.5) is 5.69 Å². The number of anilines is 1. The monoisotopic (exact) mass is 247 g/mol. The van der Waals surface area contributed by atoms with Gasteiger partial charge >= 0.3 is 5.97 Å². The molecular formula is C15H21NO2. The number of carboxylic acid groups (broad SMARTS) is 1. The molecule has 18 heavy (non-hydrogen) atoms. The number of hydrogen-bond acceptors (Lipinski definition) is 2. The summed E-state index contributed by atoms with van der Waals surface area (Å²) in [5.41, 5.74) is 2.39. The molecule has 1 aliphatic heterocycles. The van der Waals surface area contributed by atoms with E-state index in [1.54, 1.807) is 6.07 Å². The van der Waals surface area contributed by atoms with Crippen LogP contribution in [0.3, 0.4) is 0 Å². The number of aromatic carboxylic acids is 1. The van der Waals surface area contributed by atoms with Gasteiger partial charge in [0.05, 0.1) is 11.3 Å². The lowest BCUT2D eigenvalue weighted by Crippen LogP contribution is -2.41. The van der Waals surface area contributed by atoms with E-state index in [0.29, 0.717) is 11.6 Å². The summed E-state index contributed by atoms with van der Waals surface area (Å²) in [7, 11) is 0. The highest BCUT2D eigenvalue weighted by Gasteiger charge is 2.27. The van der Waals surface area contributed by atoms with Crippen molar-refractivity contribution in [2.45, 2.75) is 39.7 Å². The van der Waals surface area contributed by atoms with Crippen LogP contribution in [0.25, 0.3) is 0 Å². The van der Waals surface area contributed by atoms with Gasteiger partial charge < -0.3 is 10.0 Å². The van der Waals surface area contributed by atoms with Gasteiger partial charge in [0, 0.05) is 12.6 Å². The molecule has 2 unspecified atom stereocenters. The Balaban J connectivity index is 2.41. The predicted octanol–water partition coefficient (Wildman–Crippen LogP) is 3.32. The molecule has 3 heteroatoms. The molecule has 0 bridgehead atoms. The van der Waals surface area contributed by atoms with Gasteiger partial charge in [0.15, 0.2) is 0 Å². The van der Waals surface area contributed by atoms with E-state index in [1.165, 1.54) is 0 Å². The number of aryl methyl sites for hydroxylation is 1. The van der Waals surface area contributed by atoms with Crippen LogP contribution < -0.4 is 4.90 Å². The van der Waals surface area contributed by atoms with Gasteiger partial charge in [-0.3, -0.25) is 0 Å². The maximum atomic E-state index is 11.4. The summed E-state index contributed by atoms with van der Waals surface area (Å²) < 4.78 is 0. The van der Waals surface area contributed by atoms with Gasteiger partial charge in [-0.2, -0.15) is 0 Å². The average Bonchev–Trinajstić information content (AvgIpc) is 2.29. The van der Waals surface area contributed by atoms with E-state index in [1.807, 2.05) is 19.1 Å². The van der Waals surface area contributed by atoms with Crippen molar-refractivity contribution in [3.63, 3.8) is 0 Å². The Morgan fingerprint density at radius 1 is 1.39 bits per heavy atom. The molecule has 1 N–H and O–H groups in total. The average molecular weight is 247 g/mol. The number of hydrogen-bond donors (Lipinski definition) is 1. The molecule has 1 fully saturated rings. The second-order valence-corrected chi connectivity index (χ2v) is 5.45. The maximum absolute atomic E-state index is 11.4. The molecule has 1 heterocycles. The smallest absolute Gasteiger partial charge is 0.337 e. The Hall–Kier alpha value is -1.51. The quantitative estimate of drug-likeness (QED) is 0.871. The fraction of sp³-hybridized carbons (Fsp3) is 0.533. The van der Waals surface area contributed by atoms with Crippen molar-refractivity contribution in [3.05, 3.63) is 29.3 Å². The third-order valence-corrected chi connectivity index (χ3v) is 3.89. The van der Waals surface area contributed by atoms with E-state index in [4.69, 9.17) is 0 Å². The molecule has 2 rings (SSSR count). The van der Waals surface area contributed by atoms with Crippen LogP contribution in [-0.4, -0.2) is 23.7 Å². The topological polar surface area (TPSA) is 40.5 Å². The zero-order chi connectivity index (χ0) is 13.3. The first-order valence-corrected chi connectivity index (χ1v) is 6.60. The Kier molecular flexibility index (Phi) is 3.60. The molecule has 1 aromatic rings. The number of piperidine rings is 1. The zero-order valence-corrected chi connectivity index (χ0v) is 11.3. The van der Waals surface area contributed by atoms with Crippen LogP contribution in [0.2, 0.25) is 0 Å². The number of nitrogens with zero attached hydrogens (tertiary/aromatic N) is 1. The van der Waals surface area contributed by atoms with Crippen molar-refractivity contribution in [2.24, 2.45) is 5.92 Å². The number of para-hydroxylation sites is 1. The molecule has 0 radical (unpaired) electrons. The van der Waals surface area contributed by atoms with Crippen molar-refractivity contribution in [1.82, 2.24) is 0 Å². The predicted molar refractivity (Wildman–Crippen MR) is 73.3 cm³/mol. The summed E-state index contributed by atoms with van der Waals surface area (Å²) in [5.74, 6) is -0.104. The first kappa shape index (κ1) is 12.9. The van der Waals surface area contributed by atoms with Crippen molar-refractivity contribution in [3.8, 4) is 0 Å². The highest BCUT2D eigenvalue weighted by atomic mass is 16.4. The minimum atomic E-state index is -0.834. The van der Waals surface area contributed by atoms with Crippen molar-refractivity contribution < 1.29 is 9.90 Å². The first-order chi connectivity index (χ1) is 8.50. The van der Waals surface area contributed by atoms with E-state index >= 15 is 0 Å². The Morgan fingerprint density at radius 2 is 2.11 bits per heavy atom. The molecule has 0 aliphatic carbocycles. The van der Waals surface area contributed by atoms with E-state index in [2.05, 4.69) is 18.7 Å². The van der Waals surface area contributed by atoms with Crippen molar-refractivity contribution >= 4 is 11.7 Å². The minimum absolute atomic E-state index is 0.410. The maximum Gasteiger partial charge on any atom is 0.337 e. The van der Waals surface area contributed by atoms with Gasteiger partial charge in [-0.05, 0) is 44.2 Å². The molecule has 3 nitrogen and oxygen atoms in total. The van der Waals surface area contributed by atoms with Gasteiger partial charge in [-0.15, -0.1) is 0 Å². The minimum Gasteiger partial charge on any atom is -0.478 e. The first-order valence-electron chi connectivity index (χ1n) is 6.60. The molecule has 1 aromatic carbocycles. The third-order valence-electron chi connectivity index (χ3n) is 3.89. The molecule has 0 amide bonds. The normalized spacial score (nSPS) is 24.1. The zero-order valence-electron chi connectivity index (χ0n) is 11.3. The molecule has 0 spiro atoms. The summed E-state index contributed by atoms with van der Waals surface area (Å²) in [6, 6.07) is 5.93. The highest BCUT2D eigenvalue weighted by Crippen LogP contribution is 2.32. The van der Waals surface area contributed by atoms with Crippen LogP contribution in [0.15, 0.2) is 18.2 Å². The standard InChI is InChI=1S/C15H21NO2/c1-10-7-8-16(12(3)9-10)14-11(2)5-4-6-13(14)15(17)18/h4-6,10,12H,7-9H2,1-3H3,(H,17,18). The van der Waals surface area contributed by atoms with Crippen LogP contribution in [-0.2, 0) is 0 Å². The Morgan fingerprint density at radius 3 is 2.72 bits per heavy atom. The molecule has 2 atom stereocenters. The fourth-order valence-electron chi connectivity index (χ4n) is 2.95. The summed E-state index contributed by atoms with van der Waals surface area (Å²) in [6.07, 6.45) is 2.27. The fourth-order valence-corrected chi connectivity index (χ4v) is 2.95. The third kappa shape index (κ3) is 2.35. The number of carbonyl (C=O) groups is 1. The van der Waals surface area contributed by atoms with Crippen LogP contribution in [0, 0.1) is 12.8 Å². The van der Waals surface area contributed by atoms with Crippen molar-refractivity contribution in [1.29, 1.82) is 0 Å². The van der Waals surface area contributed by atoms with Crippen LogP contribution in [0.1, 0.15) is 42.6 Å². The number of carboxylic acids is 1. The van der Waals surface area contributed by atoms with Gasteiger partial charge in [-0.1, -0.05) is 19.1 Å². The van der Waals surface area contributed by atoms with Crippen LogP contribution in [0.5, 0.6) is 0 Å². The second kappa shape index (κ2) is 5.01. The van der Waals surface area contributed by atoms with Gasteiger partial charge in [-0.25, -0.2) is 4.79 Å². The van der Waals surface area contributed by atoms with E-state index < -0.39 is 5.97 Å². The van der Waals surface area contributed by atoms with Gasteiger partial charge in [0.2, 0.25) is 0 Å². The molecule has 0 saturated carbocycles. The Labute approximate surface area is 108 Å². The highest BCUT2D eigenvalue weighted by molar-refractivity contribution is 5.95. The largest absolute Gasteiger partial charge is 0.478 e. The van der Waals surface area contributed by atoms with Gasteiger partial charge in [0.1, 0.15) is 0 Å². The van der Waals surface area contributed by atoms with E-state index in [9.17, 15) is 9.90 Å². The summed E-state index contributed by atoms with van der Waals surface area (Å²) >= 11 is 0. The van der Waals surface area contributed by atoms with Crippen LogP contribution >= 0.6 is 0 Å². The SMILES string of the molecule is Cc1cccc(C(=O)O)c1N1CCC(C)CC1C. The molecule has 98 valence electrons. The molecule has 0 aromatic heterocycles. The summed E-state index contributed by atoms with van der Waals surface area (Å²) in [5, 5.41) is 9.33. The second-order valence-electron chi connectivity index (χ2n) is 5.45. The molecule has 1 saturated heterocycles. The Bertz CT molecular complexity index is 456. The van der Waals surface area contributed by atoms with Crippen molar-refractivity contribution in [2.75, 3.05) is 11.4 Å². The number of rotatable bonds is 2. The van der Waals surface area contributed by atoms with Gasteiger partial charge in [0.25, 0.3) is 0 Å². The number of benzene rings is 1.